The minimum absolute atomic E-state index is 0.0112. The summed E-state index contributed by atoms with van der Waals surface area (Å²) in [7, 11) is 6.84. The maximum Gasteiger partial charge on any atom is 0.307 e. The van der Waals surface area contributed by atoms with E-state index in [-0.39, 0.29) is 75.6 Å². The van der Waals surface area contributed by atoms with Crippen molar-refractivity contribution in [3.63, 3.8) is 0 Å². The minimum atomic E-state index is -1.11. The Labute approximate surface area is 714 Å². The Morgan fingerprint density at radius 1 is 0.467 bits per heavy atom. The second-order valence-electron chi connectivity index (χ2n) is 24.1. The second kappa shape index (κ2) is 43.7. The monoisotopic (exact) mass is 1810 g/mol. The molecule has 7 heterocycles. The number of hydrazone groups is 1. The number of amides is 1. The Hall–Kier alpha value is -12.0. The molecule has 0 radical (unpaired) electrons. The zero-order chi connectivity index (χ0) is 88.8. The van der Waals surface area contributed by atoms with E-state index in [1.807, 2.05) is 0 Å². The molecule has 0 bridgehead atoms. The van der Waals surface area contributed by atoms with Crippen molar-refractivity contribution >= 4 is 196 Å². The summed E-state index contributed by atoms with van der Waals surface area (Å²) in [5.41, 5.74) is 9.35. The van der Waals surface area contributed by atoms with Crippen LogP contribution < -0.4 is 51.2 Å². The number of rotatable bonds is 19. The van der Waals surface area contributed by atoms with Gasteiger partial charge in [-0.25, -0.2) is 37.2 Å². The molecule has 0 aliphatic rings. The number of nitrogens with one attached hydrogen (secondary N) is 2. The van der Waals surface area contributed by atoms with Crippen molar-refractivity contribution in [2.45, 2.75) is 53.9 Å². The number of methoxy groups -OCH3 is 5. The first kappa shape index (κ1) is 95.2. The van der Waals surface area contributed by atoms with Crippen LogP contribution in [0.15, 0.2) is 145 Å². The molecule has 13 rings (SSSR count). The van der Waals surface area contributed by atoms with Gasteiger partial charge in [-0.2, -0.15) is 5.10 Å². The molecule has 632 valence electrons. The number of nitrogens with two attached hydrogens (primary N) is 2. The number of carbonyl (C=O) groups is 8. The molecule has 1 amide bonds. The van der Waals surface area contributed by atoms with E-state index in [1.54, 1.807) is 107 Å². The van der Waals surface area contributed by atoms with Crippen molar-refractivity contribution < 1.29 is 109 Å². The third-order valence-electron chi connectivity index (χ3n) is 16.8. The number of nitrogens with zero attached hydrogens (tertiary/aromatic N) is 5. The fourth-order valence-corrected chi connectivity index (χ4v) is 15.3. The number of benzene rings is 6. The number of ether oxygens (including phenoxy) is 5. The smallest absolute Gasteiger partial charge is 0.307 e. The summed E-state index contributed by atoms with van der Waals surface area (Å²) in [6, 6.07) is 33.3. The summed E-state index contributed by atoms with van der Waals surface area (Å²) in [5, 5.41) is 42.5. The van der Waals surface area contributed by atoms with Crippen LogP contribution in [0.25, 0.3) is 32.7 Å². The number of fused-ring (bicyclic) bond motifs is 3. The number of hydrogen-bond acceptors (Lipinski definition) is 23. The average molecular weight is 1810 g/mol. The molecule has 0 saturated heterocycles. The highest BCUT2D eigenvalue weighted by molar-refractivity contribution is 7.19. The number of anilines is 3. The van der Waals surface area contributed by atoms with E-state index in [9.17, 15) is 75.2 Å². The number of aldehydes is 1. The normalized spacial score (nSPS) is 10.6. The van der Waals surface area contributed by atoms with Crippen molar-refractivity contribution in [1.82, 2.24) is 13.7 Å². The highest BCUT2D eigenvalue weighted by Crippen LogP contribution is 2.39. The summed E-state index contributed by atoms with van der Waals surface area (Å²) in [5.74, 6) is 2.09. The summed E-state index contributed by atoms with van der Waals surface area (Å²) < 4.78 is 112. The number of phenolic OH excluding ortho intramolecular Hbond substituents is 1. The number of hydrogen-bond donors (Lipinski definition) is 8. The number of carbonyl (C=O) groups excluding carboxylic acids is 5. The van der Waals surface area contributed by atoms with Gasteiger partial charge in [0.1, 0.15) is 6.29 Å². The quantitative estimate of drug-likeness (QED) is 0.00931. The minimum Gasteiger partial charge on any atom is -0.505 e. The number of aromatic hydroxyl groups is 1. The van der Waals surface area contributed by atoms with Crippen LogP contribution in [-0.2, 0) is 38.4 Å². The first-order chi connectivity index (χ1) is 57.0. The number of aliphatic carboxylic acids is 3. The van der Waals surface area contributed by atoms with Crippen LogP contribution in [0.3, 0.4) is 0 Å². The fraction of sp³-hybridized carbons (Fsp3) is 0.163. The molecule has 13 aromatic rings. The molecule has 0 aliphatic carbocycles. The van der Waals surface area contributed by atoms with E-state index in [1.165, 1.54) is 105 Å². The number of nitrogen functional groups attached to an aromatic ring is 1. The first-order valence-electron chi connectivity index (χ1n) is 34.2. The maximum absolute atomic E-state index is 14.8. The number of aromatic nitrogens is 3. The zero-order valence-corrected chi connectivity index (χ0v) is 70.7. The third-order valence-corrected chi connectivity index (χ3v) is 21.7. The summed E-state index contributed by atoms with van der Waals surface area (Å²) in [6.07, 6.45) is 1.29. The van der Waals surface area contributed by atoms with Crippen LogP contribution in [0.5, 0.6) is 34.5 Å². The number of phenols is 1. The first-order valence-corrected chi connectivity index (χ1v) is 39.0. The highest BCUT2D eigenvalue weighted by atomic mass is 35.5. The zero-order valence-electron chi connectivity index (χ0n) is 64.5. The SMILES string of the molecule is C/C=N/Nc1ccc(OC)c(F)c1.CC=O.COc1cc2c(CC(=O)O)c(C)n(C(=O)c3ccc(Cl)s3)c2cc1F.COc1ccc(N(N)C(=O)c2ccc(Cl)s2)cc1F.COc1ccc(NN)cc1F.COc1ccc2c(c1F)c(CC(=O)O)c(C)n2C(=O)c1ccc(Cl)s1.Cc1c(CC(=O)O)c2cc(O)c(F)cc2n1C(=O)c1ccc(Cl)s1. The molecular weight excluding hydrogens is 1740 g/mol. The van der Waals surface area contributed by atoms with Crippen molar-refractivity contribution in [1.29, 1.82) is 0 Å². The number of carboxylic acid groups (broad SMARTS) is 3. The largest absolute Gasteiger partial charge is 0.505 e. The van der Waals surface area contributed by atoms with E-state index in [2.05, 4.69) is 16.0 Å². The molecule has 7 aromatic heterocycles. The molecule has 0 spiro atoms. The van der Waals surface area contributed by atoms with Crippen molar-refractivity contribution in [3.8, 4) is 34.5 Å². The lowest BCUT2D eigenvalue weighted by Crippen LogP contribution is -2.37. The molecule has 40 heteroatoms. The Balaban J connectivity index is 0.000000201. The molecule has 0 aliphatic heterocycles. The van der Waals surface area contributed by atoms with E-state index in [4.69, 9.17) is 91.7 Å². The van der Waals surface area contributed by atoms with Crippen molar-refractivity contribution in [2.75, 3.05) is 51.4 Å². The van der Waals surface area contributed by atoms with E-state index < -0.39 is 76.8 Å². The highest BCUT2D eigenvalue weighted by Gasteiger charge is 2.29. The molecule has 0 unspecified atom stereocenters. The fourth-order valence-electron chi connectivity index (χ4n) is 11.4. The van der Waals surface area contributed by atoms with Crippen LogP contribution in [0, 0.1) is 55.7 Å². The van der Waals surface area contributed by atoms with Crippen LogP contribution in [-0.4, -0.2) is 124 Å². The van der Waals surface area contributed by atoms with Gasteiger partial charge in [-0.15, -0.1) is 45.3 Å². The lowest BCUT2D eigenvalue weighted by atomic mass is 10.1. The second-order valence-corrected chi connectivity index (χ2v) is 31.0. The van der Waals surface area contributed by atoms with Gasteiger partial charge in [-0.1, -0.05) is 46.4 Å². The maximum atomic E-state index is 14.8. The number of thiophene rings is 4. The van der Waals surface area contributed by atoms with Gasteiger partial charge in [-0.3, -0.25) is 58.5 Å². The van der Waals surface area contributed by atoms with Crippen LogP contribution >= 0.6 is 91.8 Å². The van der Waals surface area contributed by atoms with Gasteiger partial charge in [0.25, 0.3) is 23.6 Å². The van der Waals surface area contributed by atoms with E-state index in [0.29, 0.717) is 98.2 Å². The Morgan fingerprint density at radius 2 is 0.825 bits per heavy atom. The molecule has 6 aromatic carbocycles. The Morgan fingerprint density at radius 3 is 1.22 bits per heavy atom. The molecule has 10 N–H and O–H groups in total. The van der Waals surface area contributed by atoms with Crippen molar-refractivity contribution in [2.24, 2.45) is 16.8 Å². The average Bonchev–Trinajstić information content (AvgIpc) is 1.60. The van der Waals surface area contributed by atoms with Gasteiger partial charge in [-0.05, 0) is 161 Å². The number of carboxylic acids is 3. The van der Waals surface area contributed by atoms with Crippen molar-refractivity contribution in [3.05, 3.63) is 245 Å². The van der Waals surface area contributed by atoms with Crippen LogP contribution in [0.4, 0.5) is 43.4 Å². The molecule has 0 saturated carbocycles. The molecule has 120 heavy (non-hydrogen) atoms. The summed E-state index contributed by atoms with van der Waals surface area (Å²) in [6.45, 7) is 8.03. The van der Waals surface area contributed by atoms with Gasteiger partial charge in [0.05, 0.1) is 125 Å². The predicted molar refractivity (Wildman–Crippen MR) is 452 cm³/mol. The number of hydrazine groups is 2. The standard InChI is InChI=1S/2C17H13ClFNO4S.C16H11ClFNO4S.C12H10ClFN2O2S.C9H11FN2O.C7H9FN2O.C2H4O/c1-8-9(6-16(21)22)10-5-13(24-2)11(19)7-12(10)20(8)17(23)14-3-4-15(18)25-14;1-8-9(7-14(21)22)15-10(3-4-11(24-2)16(15)19)20(8)17(23)12-5-6-13(18)25-12;1-7-8(5-15(21)22)9-4-12(20)10(18)6-11(9)19(7)16(23)13-2-3-14(17)24-13;1-18-9-3-2-7(6-8(9)14)16(15)12(17)10-4-5-11(13)19-10;1-3-11-12-7-4-5-9(13-2)8(10)6-7;1-11-7-3-2-5(10-9)4-6(7)8;1-2-3/h3-5,7H,6H2,1-2H3,(H,21,22);3-6H,7H2,1-2H3,(H,21,22);2-4,6,20H,5H2,1H3,(H,21,22);2-6H,15H2,1H3;3-6,12H,1-2H3;2-4,10H,9H2,1H3;2H,1H3/b;;;;11-3+;;. The molecule has 0 atom stereocenters. The number of halogens is 10. The summed E-state index contributed by atoms with van der Waals surface area (Å²) in [4.78, 5) is 94.4. The van der Waals surface area contributed by atoms with E-state index in [0.717, 1.165) is 74.8 Å². The Kier molecular flexibility index (Phi) is 34.6. The van der Waals surface area contributed by atoms with Gasteiger partial charge >= 0.3 is 17.9 Å². The predicted octanol–water partition coefficient (Wildman–Crippen LogP) is 18.7. The van der Waals surface area contributed by atoms with Crippen LogP contribution in [0.1, 0.15) is 86.3 Å². The van der Waals surface area contributed by atoms with Gasteiger partial charge < -0.3 is 54.3 Å². The van der Waals surface area contributed by atoms with E-state index >= 15 is 0 Å². The van der Waals surface area contributed by atoms with Crippen LogP contribution in [0.2, 0.25) is 17.3 Å². The van der Waals surface area contributed by atoms with Gasteiger partial charge in [0.15, 0.2) is 69.4 Å². The third kappa shape index (κ3) is 23.3. The topological polar surface area (TPSA) is 370 Å². The molecule has 0 fully saturated rings. The Bertz CT molecular complexity index is 5950. The lowest BCUT2D eigenvalue weighted by Gasteiger charge is -2.16. The lowest BCUT2D eigenvalue weighted by molar-refractivity contribution is -0.137. The van der Waals surface area contributed by atoms with Gasteiger partial charge in [0.2, 0.25) is 0 Å². The van der Waals surface area contributed by atoms with Gasteiger partial charge in [0, 0.05) is 69.8 Å². The summed E-state index contributed by atoms with van der Waals surface area (Å²) >= 11 is 27.8. The molecular formula is C80H71Cl4F6N9O17S4. The molecule has 26 nitrogen and oxygen atoms in total.